The zero-order valence-corrected chi connectivity index (χ0v) is 27.3. The second-order valence-electron chi connectivity index (χ2n) is 12.5. The van der Waals surface area contributed by atoms with Gasteiger partial charge in [-0.3, -0.25) is 0 Å². The van der Waals surface area contributed by atoms with Gasteiger partial charge in [0.1, 0.15) is 11.2 Å². The normalized spacial score (nSPS) is 11.7. The second kappa shape index (κ2) is 11.2. The topological polar surface area (TPSA) is 16.4 Å². The van der Waals surface area contributed by atoms with Crippen molar-refractivity contribution in [3.8, 4) is 22.3 Å². The van der Waals surface area contributed by atoms with Crippen molar-refractivity contribution in [2.24, 2.45) is 0 Å². The number of hydrogen-bond acceptors (Lipinski definition) is 3. The summed E-state index contributed by atoms with van der Waals surface area (Å²) in [4.78, 5) is 2.33. The van der Waals surface area contributed by atoms with Crippen molar-refractivity contribution in [1.82, 2.24) is 0 Å². The van der Waals surface area contributed by atoms with Gasteiger partial charge in [0.05, 0.1) is 0 Å². The van der Waals surface area contributed by atoms with E-state index < -0.39 is 0 Å². The quantitative estimate of drug-likeness (QED) is 0.186. The van der Waals surface area contributed by atoms with Gasteiger partial charge in [-0.25, -0.2) is 0 Å². The minimum absolute atomic E-state index is 0.892. The largest absolute Gasteiger partial charge is 0.456 e. The molecule has 0 aliphatic heterocycles. The molecule has 10 aromatic rings. The van der Waals surface area contributed by atoms with Crippen molar-refractivity contribution in [3.05, 3.63) is 176 Å². The predicted octanol–water partition coefficient (Wildman–Crippen LogP) is 13.9. The maximum absolute atomic E-state index is 6.18. The summed E-state index contributed by atoms with van der Waals surface area (Å²) >= 11 is 1.87. The highest BCUT2D eigenvalue weighted by Crippen LogP contribution is 2.42. The minimum Gasteiger partial charge on any atom is -0.456 e. The molecule has 0 radical (unpaired) electrons. The standard InChI is InChI=1S/C46H29NOS/c1-2-8-30(9-3-1)31-14-20-35(21-15-31)47(37-24-26-43-41(29-37)39-10-4-6-12-42(39)48-43)36-22-16-32(17-23-36)33-18-25-38-34(28-33)19-27-45-46(38)40-11-5-7-13-44(40)49-45/h1-29H. The fraction of sp³-hybridized carbons (Fsp3) is 0. The summed E-state index contributed by atoms with van der Waals surface area (Å²) in [6.45, 7) is 0. The molecule has 0 aliphatic carbocycles. The van der Waals surface area contributed by atoms with E-state index in [2.05, 4.69) is 169 Å². The highest BCUT2D eigenvalue weighted by Gasteiger charge is 2.16. The second-order valence-corrected chi connectivity index (χ2v) is 13.6. The van der Waals surface area contributed by atoms with Gasteiger partial charge in [-0.05, 0) is 99.8 Å². The van der Waals surface area contributed by atoms with E-state index in [0.29, 0.717) is 0 Å². The lowest BCUT2D eigenvalue weighted by molar-refractivity contribution is 0.669. The summed E-state index contributed by atoms with van der Waals surface area (Å²) in [7, 11) is 0. The van der Waals surface area contributed by atoms with E-state index in [0.717, 1.165) is 39.0 Å². The number of anilines is 3. The molecule has 230 valence electrons. The molecule has 8 aromatic carbocycles. The molecule has 0 amide bonds. The van der Waals surface area contributed by atoms with Gasteiger partial charge >= 0.3 is 0 Å². The summed E-state index contributed by atoms with van der Waals surface area (Å²) < 4.78 is 8.86. The highest BCUT2D eigenvalue weighted by molar-refractivity contribution is 7.26. The first kappa shape index (κ1) is 27.9. The van der Waals surface area contributed by atoms with Crippen molar-refractivity contribution in [2.75, 3.05) is 4.90 Å². The summed E-state index contributed by atoms with van der Waals surface area (Å²) in [6, 6.07) is 63.2. The lowest BCUT2D eigenvalue weighted by Gasteiger charge is -2.26. The van der Waals surface area contributed by atoms with Crippen molar-refractivity contribution in [3.63, 3.8) is 0 Å². The minimum atomic E-state index is 0.892. The molecule has 49 heavy (non-hydrogen) atoms. The molecule has 0 aliphatic rings. The molecule has 2 nitrogen and oxygen atoms in total. The summed E-state index contributed by atoms with van der Waals surface area (Å²) in [5, 5.41) is 7.50. The summed E-state index contributed by atoms with van der Waals surface area (Å²) in [5.41, 5.74) is 9.87. The van der Waals surface area contributed by atoms with Crippen LogP contribution in [0.1, 0.15) is 0 Å². The number of rotatable bonds is 5. The monoisotopic (exact) mass is 643 g/mol. The van der Waals surface area contributed by atoms with Crippen LogP contribution in [0.25, 0.3) is 75.1 Å². The zero-order chi connectivity index (χ0) is 32.3. The zero-order valence-electron chi connectivity index (χ0n) is 26.5. The Balaban J connectivity index is 1.07. The van der Waals surface area contributed by atoms with Crippen molar-refractivity contribution < 1.29 is 4.42 Å². The van der Waals surface area contributed by atoms with Gasteiger partial charge in [0.2, 0.25) is 0 Å². The molecule has 0 N–H and O–H groups in total. The summed E-state index contributed by atoms with van der Waals surface area (Å²) in [6.07, 6.45) is 0. The third-order valence-electron chi connectivity index (χ3n) is 9.67. The Bertz CT molecular complexity index is 2810. The average Bonchev–Trinajstić information content (AvgIpc) is 3.74. The van der Waals surface area contributed by atoms with E-state index in [4.69, 9.17) is 4.42 Å². The first-order valence-electron chi connectivity index (χ1n) is 16.6. The lowest BCUT2D eigenvalue weighted by atomic mass is 9.98. The van der Waals surface area contributed by atoms with Gasteiger partial charge in [-0.1, -0.05) is 109 Å². The Kier molecular flexibility index (Phi) is 6.39. The smallest absolute Gasteiger partial charge is 0.135 e. The first-order chi connectivity index (χ1) is 24.3. The van der Waals surface area contributed by atoms with Crippen LogP contribution >= 0.6 is 11.3 Å². The van der Waals surface area contributed by atoms with Crippen molar-refractivity contribution in [1.29, 1.82) is 0 Å². The van der Waals surface area contributed by atoms with Crippen molar-refractivity contribution >= 4 is 81.3 Å². The number of para-hydroxylation sites is 1. The van der Waals surface area contributed by atoms with Gasteiger partial charge in [-0.2, -0.15) is 0 Å². The molecular formula is C46H29NOS. The lowest BCUT2D eigenvalue weighted by Crippen LogP contribution is -2.09. The van der Waals surface area contributed by atoms with Crippen LogP contribution in [0.5, 0.6) is 0 Å². The molecule has 0 unspecified atom stereocenters. The van der Waals surface area contributed by atoms with Crippen LogP contribution in [-0.2, 0) is 0 Å². The number of thiophene rings is 1. The molecule has 0 spiro atoms. The number of benzene rings is 8. The highest BCUT2D eigenvalue weighted by atomic mass is 32.1. The van der Waals surface area contributed by atoms with E-state index in [9.17, 15) is 0 Å². The van der Waals surface area contributed by atoms with E-state index in [1.165, 1.54) is 53.2 Å². The Morgan fingerprint density at radius 1 is 0.367 bits per heavy atom. The fourth-order valence-electron chi connectivity index (χ4n) is 7.27. The SMILES string of the molecule is c1ccc(-c2ccc(N(c3ccc(-c4ccc5c(ccc6sc7ccccc7c65)c4)cc3)c3ccc4oc5ccccc5c4c3)cc2)cc1. The predicted molar refractivity (Wildman–Crippen MR) is 210 cm³/mol. The van der Waals surface area contributed by atoms with Gasteiger partial charge < -0.3 is 9.32 Å². The van der Waals surface area contributed by atoms with Gasteiger partial charge in [0, 0.05) is 48.0 Å². The van der Waals surface area contributed by atoms with E-state index in [-0.39, 0.29) is 0 Å². The van der Waals surface area contributed by atoms with Crippen LogP contribution in [0, 0.1) is 0 Å². The number of hydrogen-bond donors (Lipinski definition) is 0. The molecule has 2 heterocycles. The van der Waals surface area contributed by atoms with Crippen LogP contribution in [0.15, 0.2) is 180 Å². The Morgan fingerprint density at radius 2 is 0.980 bits per heavy atom. The van der Waals surface area contributed by atoms with Crippen LogP contribution in [0.4, 0.5) is 17.1 Å². The van der Waals surface area contributed by atoms with Crippen LogP contribution in [0.2, 0.25) is 0 Å². The van der Waals surface area contributed by atoms with Gasteiger partial charge in [-0.15, -0.1) is 11.3 Å². The third-order valence-corrected chi connectivity index (χ3v) is 10.8. The molecule has 0 saturated heterocycles. The molecule has 10 rings (SSSR count). The fourth-order valence-corrected chi connectivity index (χ4v) is 8.39. The van der Waals surface area contributed by atoms with Crippen molar-refractivity contribution in [2.45, 2.75) is 0 Å². The molecule has 0 saturated carbocycles. The molecule has 0 atom stereocenters. The van der Waals surface area contributed by atoms with Crippen LogP contribution in [0.3, 0.4) is 0 Å². The van der Waals surface area contributed by atoms with E-state index in [1.54, 1.807) is 0 Å². The van der Waals surface area contributed by atoms with E-state index in [1.807, 2.05) is 23.5 Å². The number of nitrogens with zero attached hydrogens (tertiary/aromatic N) is 1. The average molecular weight is 644 g/mol. The maximum atomic E-state index is 6.18. The maximum Gasteiger partial charge on any atom is 0.135 e. The Hall–Kier alpha value is -6.16. The Morgan fingerprint density at radius 3 is 1.78 bits per heavy atom. The van der Waals surface area contributed by atoms with Crippen LogP contribution < -0.4 is 4.90 Å². The number of fused-ring (bicyclic) bond motifs is 8. The number of furan rings is 1. The molecule has 2 aromatic heterocycles. The summed E-state index contributed by atoms with van der Waals surface area (Å²) in [5.74, 6) is 0. The van der Waals surface area contributed by atoms with Crippen LogP contribution in [-0.4, -0.2) is 0 Å². The molecule has 0 fully saturated rings. The van der Waals surface area contributed by atoms with Gasteiger partial charge in [0.25, 0.3) is 0 Å². The molecule has 3 heteroatoms. The first-order valence-corrected chi connectivity index (χ1v) is 17.4. The third kappa shape index (κ3) is 4.70. The van der Waals surface area contributed by atoms with E-state index >= 15 is 0 Å². The Labute approximate surface area is 287 Å². The van der Waals surface area contributed by atoms with Gasteiger partial charge in [0.15, 0.2) is 0 Å². The molecule has 0 bridgehead atoms. The molecular weight excluding hydrogens is 615 g/mol.